The van der Waals surface area contributed by atoms with Crippen LogP contribution in [0.3, 0.4) is 0 Å². The quantitative estimate of drug-likeness (QED) is 0.352. The van der Waals surface area contributed by atoms with Crippen molar-refractivity contribution in [2.45, 2.75) is 120 Å². The second-order valence-electron chi connectivity index (χ2n) is 11.9. The van der Waals surface area contributed by atoms with Crippen LogP contribution in [0.1, 0.15) is 100 Å². The minimum absolute atomic E-state index is 0. The van der Waals surface area contributed by atoms with E-state index in [-0.39, 0.29) is 59.4 Å². The molecule has 0 spiro atoms. The molecular formula is C36H65N3O3. The molecule has 1 aromatic rings. The first-order valence-corrected chi connectivity index (χ1v) is 14.4. The highest BCUT2D eigenvalue weighted by molar-refractivity contribution is 5.82. The number of Topliss-reactive ketones (excluding diaryl/α,β-unsaturated/α-hetero) is 3. The first-order chi connectivity index (χ1) is 18.1. The Morgan fingerprint density at radius 1 is 0.667 bits per heavy atom. The van der Waals surface area contributed by atoms with Gasteiger partial charge in [0.25, 0.3) is 0 Å². The molecule has 3 aliphatic heterocycles. The van der Waals surface area contributed by atoms with Gasteiger partial charge in [0.2, 0.25) is 0 Å². The summed E-state index contributed by atoms with van der Waals surface area (Å²) >= 11 is 0. The van der Waals surface area contributed by atoms with Crippen LogP contribution in [0.2, 0.25) is 0 Å². The first-order valence-electron chi connectivity index (χ1n) is 14.4. The minimum Gasteiger partial charge on any atom is -0.298 e. The lowest BCUT2D eigenvalue weighted by molar-refractivity contribution is -0.125. The average Bonchev–Trinajstić information content (AvgIpc) is 2.88. The van der Waals surface area contributed by atoms with Gasteiger partial charge in [-0.3, -0.25) is 29.1 Å². The van der Waals surface area contributed by atoms with Gasteiger partial charge in [-0.1, -0.05) is 85.4 Å². The lowest BCUT2D eigenvalue weighted by Gasteiger charge is -2.43. The van der Waals surface area contributed by atoms with Crippen molar-refractivity contribution in [3.05, 3.63) is 47.5 Å². The predicted octanol–water partition coefficient (Wildman–Crippen LogP) is 7.10. The lowest BCUT2D eigenvalue weighted by atomic mass is 9.72. The van der Waals surface area contributed by atoms with Crippen molar-refractivity contribution >= 4 is 17.3 Å². The van der Waals surface area contributed by atoms with Gasteiger partial charge in [0, 0.05) is 19.6 Å². The van der Waals surface area contributed by atoms with E-state index in [1.807, 2.05) is 20.2 Å². The Morgan fingerprint density at radius 3 is 1.74 bits per heavy atom. The highest BCUT2D eigenvalue weighted by atomic mass is 16.1. The number of carbonyl (C=O) groups is 3. The van der Waals surface area contributed by atoms with Gasteiger partial charge in [-0.25, -0.2) is 0 Å². The Balaban J connectivity index is 0. The molecule has 2 fully saturated rings. The molecule has 1 saturated heterocycles. The summed E-state index contributed by atoms with van der Waals surface area (Å²) in [7, 11) is 6.11. The van der Waals surface area contributed by atoms with E-state index >= 15 is 0 Å². The summed E-state index contributed by atoms with van der Waals surface area (Å²) in [6.07, 6.45) is 12.6. The summed E-state index contributed by atoms with van der Waals surface area (Å²) in [5.41, 5.74) is 2.68. The van der Waals surface area contributed by atoms with Crippen molar-refractivity contribution in [1.29, 1.82) is 0 Å². The topological polar surface area (TPSA) is 60.9 Å². The molecule has 6 nitrogen and oxygen atoms in total. The zero-order valence-electron chi connectivity index (χ0n) is 24.5. The Labute approximate surface area is 259 Å². The van der Waals surface area contributed by atoms with Gasteiger partial charge in [-0.15, -0.1) is 0 Å². The fourth-order valence-electron chi connectivity index (χ4n) is 6.63. The molecule has 3 heterocycles. The zero-order chi connectivity index (χ0) is 27.8. The van der Waals surface area contributed by atoms with E-state index < -0.39 is 0 Å². The van der Waals surface area contributed by atoms with Crippen LogP contribution >= 0.6 is 0 Å². The summed E-state index contributed by atoms with van der Waals surface area (Å²) in [5.74, 6) is 2.61. The van der Waals surface area contributed by atoms with Crippen LogP contribution < -0.4 is 0 Å². The van der Waals surface area contributed by atoms with Gasteiger partial charge in [-0.05, 0) is 90.6 Å². The number of likely N-dealkylation sites (N-methyl/N-ethyl adjacent to an activating group) is 3. The SMILES string of the molecule is C.C.C.C.CC(=O)C1CC2CCCCC2CN1C.CC(=O)C1CC=CCN1C.CC(=O)C1Cc2ccccc2CN1C. The van der Waals surface area contributed by atoms with Gasteiger partial charge < -0.3 is 0 Å². The highest BCUT2D eigenvalue weighted by Gasteiger charge is 2.36. The molecule has 5 unspecified atom stereocenters. The summed E-state index contributed by atoms with van der Waals surface area (Å²) in [6, 6.07) is 8.78. The molecule has 6 heteroatoms. The molecule has 4 aliphatic rings. The normalized spacial score (nSPS) is 26.7. The molecular weight excluding hydrogens is 522 g/mol. The Bertz CT molecular complexity index is 991. The van der Waals surface area contributed by atoms with E-state index in [1.54, 1.807) is 20.8 Å². The third-order valence-corrected chi connectivity index (χ3v) is 8.99. The predicted molar refractivity (Wildman–Crippen MR) is 181 cm³/mol. The smallest absolute Gasteiger partial charge is 0.147 e. The fourth-order valence-corrected chi connectivity index (χ4v) is 6.63. The second-order valence-corrected chi connectivity index (χ2v) is 11.9. The second kappa shape index (κ2) is 19.9. The van der Waals surface area contributed by atoms with Gasteiger partial charge >= 0.3 is 0 Å². The van der Waals surface area contributed by atoms with E-state index in [9.17, 15) is 14.4 Å². The maximum Gasteiger partial charge on any atom is 0.147 e. The molecule has 0 radical (unpaired) electrons. The van der Waals surface area contributed by atoms with Crippen molar-refractivity contribution in [2.24, 2.45) is 11.8 Å². The monoisotopic (exact) mass is 588 g/mol. The molecule has 0 N–H and O–H groups in total. The first kappa shape index (κ1) is 42.0. The summed E-state index contributed by atoms with van der Waals surface area (Å²) in [4.78, 5) is 40.2. The van der Waals surface area contributed by atoms with E-state index in [1.165, 1.54) is 36.8 Å². The number of carbonyl (C=O) groups excluding carboxylic acids is 3. The maximum atomic E-state index is 11.4. The Hall–Kier alpha value is -2.15. The number of fused-ring (bicyclic) bond motifs is 2. The minimum atomic E-state index is 0. The van der Waals surface area contributed by atoms with E-state index in [0.717, 1.165) is 50.7 Å². The molecule has 5 rings (SSSR count). The zero-order valence-corrected chi connectivity index (χ0v) is 24.5. The van der Waals surface area contributed by atoms with E-state index in [4.69, 9.17) is 0 Å². The number of benzene rings is 1. The van der Waals surface area contributed by atoms with Gasteiger partial charge in [0.05, 0.1) is 18.1 Å². The van der Waals surface area contributed by atoms with Crippen molar-refractivity contribution in [1.82, 2.24) is 14.7 Å². The summed E-state index contributed by atoms with van der Waals surface area (Å²) in [6.45, 7) is 8.01. The van der Waals surface area contributed by atoms with Gasteiger partial charge in [-0.2, -0.15) is 0 Å². The molecule has 0 amide bonds. The van der Waals surface area contributed by atoms with Crippen molar-refractivity contribution in [3.8, 4) is 0 Å². The van der Waals surface area contributed by atoms with Crippen LogP contribution in [0.4, 0.5) is 0 Å². The largest absolute Gasteiger partial charge is 0.298 e. The van der Waals surface area contributed by atoms with Gasteiger partial charge in [0.1, 0.15) is 17.3 Å². The molecule has 1 aliphatic carbocycles. The standard InChI is InChI=1S/C12H21NO.C12H15NO.C8H13NO.4CH4/c2*1-9(14)12-7-10-5-3-4-6-11(10)8-13(12)2;1-7(10)8-5-3-4-6-9(8)2;;;;/h10-12H,3-8H2,1-2H3;3-6,12H,7-8H2,1-2H3;3-4,8H,5-6H2,1-2H3;4*1H4. The Morgan fingerprint density at radius 2 is 1.21 bits per heavy atom. The Kier molecular flexibility index (Phi) is 19.9. The van der Waals surface area contributed by atoms with Crippen molar-refractivity contribution < 1.29 is 14.4 Å². The van der Waals surface area contributed by atoms with Crippen LogP contribution in [-0.2, 0) is 27.3 Å². The molecule has 0 bridgehead atoms. The van der Waals surface area contributed by atoms with Crippen LogP contribution in [0, 0.1) is 11.8 Å². The third-order valence-electron chi connectivity index (χ3n) is 8.99. The van der Waals surface area contributed by atoms with Gasteiger partial charge in [0.15, 0.2) is 0 Å². The third kappa shape index (κ3) is 11.5. The number of rotatable bonds is 3. The summed E-state index contributed by atoms with van der Waals surface area (Å²) in [5, 5.41) is 0. The van der Waals surface area contributed by atoms with Crippen LogP contribution in [0.25, 0.3) is 0 Å². The number of hydrogen-bond donors (Lipinski definition) is 0. The number of piperidine rings is 1. The van der Waals surface area contributed by atoms with E-state index in [0.29, 0.717) is 5.78 Å². The lowest BCUT2D eigenvalue weighted by Crippen LogP contribution is -2.49. The number of ketones is 3. The van der Waals surface area contributed by atoms with Crippen molar-refractivity contribution in [3.63, 3.8) is 0 Å². The van der Waals surface area contributed by atoms with E-state index in [2.05, 4.69) is 52.1 Å². The van der Waals surface area contributed by atoms with Crippen LogP contribution in [0.15, 0.2) is 36.4 Å². The molecule has 5 atom stereocenters. The molecule has 0 aromatic heterocycles. The molecule has 1 saturated carbocycles. The number of nitrogens with zero attached hydrogens (tertiary/aromatic N) is 3. The molecule has 1 aromatic carbocycles. The molecule has 242 valence electrons. The highest BCUT2D eigenvalue weighted by Crippen LogP contribution is 2.38. The van der Waals surface area contributed by atoms with Crippen LogP contribution in [-0.4, -0.2) is 84.4 Å². The number of likely N-dealkylation sites (tertiary alicyclic amines) is 1. The maximum absolute atomic E-state index is 11.4. The van der Waals surface area contributed by atoms with Crippen molar-refractivity contribution in [2.75, 3.05) is 34.2 Å². The fraction of sp³-hybridized carbons (Fsp3) is 0.694. The number of hydrogen-bond acceptors (Lipinski definition) is 6. The molecule has 42 heavy (non-hydrogen) atoms. The summed E-state index contributed by atoms with van der Waals surface area (Å²) < 4.78 is 0. The average molecular weight is 588 g/mol. The van der Waals surface area contributed by atoms with Crippen LogP contribution in [0.5, 0.6) is 0 Å².